The van der Waals surface area contributed by atoms with Crippen molar-refractivity contribution in [3.63, 3.8) is 0 Å². The molecule has 3 amide bonds. The number of urea groups is 1. The molecule has 186 valence electrons. The minimum absolute atomic E-state index is 0.00154. The number of carbonyl (C=O) groups excluding carboxylic acids is 2. The molecule has 0 bridgehead atoms. The molecule has 2 aliphatic heterocycles. The Hall–Kier alpha value is -2.96. The van der Waals surface area contributed by atoms with E-state index in [1.165, 1.54) is 6.07 Å². The number of benzene rings is 1. The monoisotopic (exact) mass is 479 g/mol. The highest BCUT2D eigenvalue weighted by molar-refractivity contribution is 5.82. The molecule has 10 heteroatoms. The fourth-order valence-corrected chi connectivity index (χ4v) is 5.05. The SMILES string of the molecule is CC(C)NC(=O)N1C[C@@H](C(=O)N(C)C)[C@H](C2CCN(c3ccc(C#N)c(C(F)(F)F)c3)CC2)C1. The van der Waals surface area contributed by atoms with Crippen LogP contribution in [0.3, 0.4) is 0 Å². The zero-order valence-corrected chi connectivity index (χ0v) is 20.0. The highest BCUT2D eigenvalue weighted by atomic mass is 19.4. The van der Waals surface area contributed by atoms with Gasteiger partial charge >= 0.3 is 12.2 Å². The number of alkyl halides is 3. The minimum atomic E-state index is -4.59. The van der Waals surface area contributed by atoms with E-state index in [2.05, 4.69) is 5.32 Å². The topological polar surface area (TPSA) is 79.7 Å². The predicted octanol–water partition coefficient (Wildman–Crippen LogP) is 3.55. The number of nitrogens with one attached hydrogen (secondary N) is 1. The maximum absolute atomic E-state index is 13.4. The summed E-state index contributed by atoms with van der Waals surface area (Å²) in [6.45, 7) is 5.72. The van der Waals surface area contributed by atoms with Crippen molar-refractivity contribution >= 4 is 17.6 Å². The van der Waals surface area contributed by atoms with Crippen LogP contribution in [0.25, 0.3) is 0 Å². The van der Waals surface area contributed by atoms with E-state index in [4.69, 9.17) is 5.26 Å². The molecule has 0 aliphatic carbocycles. The third kappa shape index (κ3) is 5.57. The van der Waals surface area contributed by atoms with Crippen LogP contribution in [0.15, 0.2) is 18.2 Å². The van der Waals surface area contributed by atoms with Crippen LogP contribution in [0.2, 0.25) is 0 Å². The van der Waals surface area contributed by atoms with E-state index < -0.39 is 11.7 Å². The maximum atomic E-state index is 13.4. The van der Waals surface area contributed by atoms with E-state index in [1.807, 2.05) is 18.7 Å². The maximum Gasteiger partial charge on any atom is 0.417 e. The van der Waals surface area contributed by atoms with Crippen LogP contribution in [0, 0.1) is 29.1 Å². The van der Waals surface area contributed by atoms with E-state index in [1.54, 1.807) is 36.0 Å². The molecule has 0 unspecified atom stereocenters. The predicted molar refractivity (Wildman–Crippen MR) is 122 cm³/mol. The lowest BCUT2D eigenvalue weighted by Crippen LogP contribution is -2.42. The minimum Gasteiger partial charge on any atom is -0.372 e. The van der Waals surface area contributed by atoms with Crippen molar-refractivity contribution in [3.8, 4) is 6.07 Å². The highest BCUT2D eigenvalue weighted by Gasteiger charge is 2.44. The summed E-state index contributed by atoms with van der Waals surface area (Å²) in [6.07, 6.45) is -3.17. The molecule has 2 atom stereocenters. The van der Waals surface area contributed by atoms with Crippen molar-refractivity contribution in [1.82, 2.24) is 15.1 Å². The van der Waals surface area contributed by atoms with Gasteiger partial charge in [-0.1, -0.05) is 0 Å². The number of piperidine rings is 1. The van der Waals surface area contributed by atoms with Crippen molar-refractivity contribution in [2.75, 3.05) is 45.2 Å². The molecule has 1 aromatic carbocycles. The molecule has 7 nitrogen and oxygen atoms in total. The summed E-state index contributed by atoms with van der Waals surface area (Å²) in [5, 5.41) is 11.9. The molecule has 3 rings (SSSR count). The zero-order chi connectivity index (χ0) is 25.2. The average molecular weight is 480 g/mol. The average Bonchev–Trinajstić information content (AvgIpc) is 3.22. The summed E-state index contributed by atoms with van der Waals surface area (Å²) in [4.78, 5) is 30.6. The number of hydrogen-bond donors (Lipinski definition) is 1. The van der Waals surface area contributed by atoms with Crippen LogP contribution in [-0.4, -0.2) is 68.1 Å². The van der Waals surface area contributed by atoms with Crippen LogP contribution >= 0.6 is 0 Å². The molecule has 0 saturated carbocycles. The third-order valence-corrected chi connectivity index (χ3v) is 6.76. The molecule has 2 aliphatic rings. The number of likely N-dealkylation sites (tertiary alicyclic amines) is 1. The fraction of sp³-hybridized carbons (Fsp3) is 0.625. The van der Waals surface area contributed by atoms with E-state index in [-0.39, 0.29) is 41.3 Å². The molecule has 0 aromatic heterocycles. The quantitative estimate of drug-likeness (QED) is 0.717. The van der Waals surface area contributed by atoms with Crippen molar-refractivity contribution in [2.24, 2.45) is 17.8 Å². The zero-order valence-electron chi connectivity index (χ0n) is 20.0. The van der Waals surface area contributed by atoms with Gasteiger partial charge in [0.05, 0.1) is 23.1 Å². The van der Waals surface area contributed by atoms with Crippen molar-refractivity contribution in [2.45, 2.75) is 38.9 Å². The Morgan fingerprint density at radius 3 is 2.35 bits per heavy atom. The number of carbonyl (C=O) groups is 2. The molecular formula is C24H32F3N5O2. The molecule has 34 heavy (non-hydrogen) atoms. The van der Waals surface area contributed by atoms with Crippen LogP contribution < -0.4 is 10.2 Å². The Labute approximate surface area is 198 Å². The van der Waals surface area contributed by atoms with E-state index in [0.29, 0.717) is 44.7 Å². The summed E-state index contributed by atoms with van der Waals surface area (Å²) in [5.41, 5.74) is -0.870. The van der Waals surface area contributed by atoms with E-state index >= 15 is 0 Å². The second-order valence-electron chi connectivity index (χ2n) is 9.68. The summed E-state index contributed by atoms with van der Waals surface area (Å²) in [6, 6.07) is 5.25. The van der Waals surface area contributed by atoms with Gasteiger partial charge < -0.3 is 20.0 Å². The summed E-state index contributed by atoms with van der Waals surface area (Å²) >= 11 is 0. The Morgan fingerprint density at radius 2 is 1.82 bits per heavy atom. The van der Waals surface area contributed by atoms with E-state index in [0.717, 1.165) is 6.07 Å². The highest BCUT2D eigenvalue weighted by Crippen LogP contribution is 2.39. The molecule has 0 spiro atoms. The number of amides is 3. The van der Waals surface area contributed by atoms with Gasteiger partial charge in [0.1, 0.15) is 0 Å². The largest absolute Gasteiger partial charge is 0.417 e. The van der Waals surface area contributed by atoms with Gasteiger partial charge in [-0.15, -0.1) is 0 Å². The van der Waals surface area contributed by atoms with Gasteiger partial charge in [0.25, 0.3) is 0 Å². The van der Waals surface area contributed by atoms with Gasteiger partial charge in [0.2, 0.25) is 5.91 Å². The standard InChI is InChI=1S/C24H32F3N5O2/c1-15(2)29-23(34)32-13-19(20(14-32)22(33)30(3)4)16-7-9-31(10-8-16)18-6-5-17(12-28)21(11-18)24(25,26)27/h5-6,11,15-16,19-20H,7-10,13-14H2,1-4H3,(H,29,34)/t19-,20+/m0/s1. The van der Waals surface area contributed by atoms with E-state index in [9.17, 15) is 22.8 Å². The summed E-state index contributed by atoms with van der Waals surface area (Å²) < 4.78 is 40.1. The van der Waals surface area contributed by atoms with Gasteiger partial charge in [0.15, 0.2) is 0 Å². The first-order chi connectivity index (χ1) is 15.9. The second kappa shape index (κ2) is 10.1. The number of nitrogens with zero attached hydrogens (tertiary/aromatic N) is 4. The van der Waals surface area contributed by atoms with Crippen LogP contribution in [0.1, 0.15) is 37.8 Å². The lowest BCUT2D eigenvalue weighted by atomic mass is 9.78. The van der Waals surface area contributed by atoms with Crippen molar-refractivity contribution < 1.29 is 22.8 Å². The molecular weight excluding hydrogens is 447 g/mol. The Kier molecular flexibility index (Phi) is 7.64. The molecule has 2 heterocycles. The first-order valence-corrected chi connectivity index (χ1v) is 11.5. The van der Waals surface area contributed by atoms with Gasteiger partial charge in [-0.2, -0.15) is 18.4 Å². The van der Waals surface area contributed by atoms with Crippen LogP contribution in [-0.2, 0) is 11.0 Å². The Bertz CT molecular complexity index is 949. The normalized spacial score (nSPS) is 21.5. The smallest absolute Gasteiger partial charge is 0.372 e. The van der Waals surface area contributed by atoms with Gasteiger partial charge in [-0.3, -0.25) is 4.79 Å². The van der Waals surface area contributed by atoms with Gasteiger partial charge in [-0.05, 0) is 56.7 Å². The number of anilines is 1. The van der Waals surface area contributed by atoms with Crippen molar-refractivity contribution in [3.05, 3.63) is 29.3 Å². The van der Waals surface area contributed by atoms with Crippen LogP contribution in [0.4, 0.5) is 23.7 Å². The number of halogens is 3. The van der Waals surface area contributed by atoms with Gasteiger partial charge in [0, 0.05) is 52.0 Å². The first kappa shape index (κ1) is 25.7. The lowest BCUT2D eigenvalue weighted by Gasteiger charge is -2.38. The Morgan fingerprint density at radius 1 is 1.18 bits per heavy atom. The molecule has 1 aromatic rings. The molecule has 1 N–H and O–H groups in total. The lowest BCUT2D eigenvalue weighted by molar-refractivity contribution is -0.137. The van der Waals surface area contributed by atoms with Crippen LogP contribution in [0.5, 0.6) is 0 Å². The summed E-state index contributed by atoms with van der Waals surface area (Å²) in [5.74, 6) is -0.116. The number of hydrogen-bond acceptors (Lipinski definition) is 4. The fourth-order valence-electron chi connectivity index (χ4n) is 5.05. The first-order valence-electron chi connectivity index (χ1n) is 11.5. The second-order valence-corrected chi connectivity index (χ2v) is 9.68. The van der Waals surface area contributed by atoms with Crippen molar-refractivity contribution in [1.29, 1.82) is 5.26 Å². The number of nitriles is 1. The number of rotatable bonds is 4. The Balaban J connectivity index is 1.73. The van der Waals surface area contributed by atoms with Gasteiger partial charge in [-0.25, -0.2) is 4.79 Å². The summed E-state index contributed by atoms with van der Waals surface area (Å²) in [7, 11) is 3.42. The third-order valence-electron chi connectivity index (χ3n) is 6.76. The molecule has 0 radical (unpaired) electrons. The molecule has 2 saturated heterocycles. The molecule has 2 fully saturated rings.